The monoisotopic (exact) mass is 244 g/mol. The first-order valence-electron chi connectivity index (χ1n) is 5.41. The van der Waals surface area contributed by atoms with Crippen LogP contribution in [0.2, 0.25) is 0 Å². The number of phenolic OH excluding ortho intramolecular Hbond substituents is 1. The van der Waals surface area contributed by atoms with Gasteiger partial charge in [0.05, 0.1) is 5.76 Å². The molecule has 0 unspecified atom stereocenters. The summed E-state index contributed by atoms with van der Waals surface area (Å²) in [5.41, 5.74) is 1.51. The number of hydrogen-bond acceptors (Lipinski definition) is 3. The van der Waals surface area contributed by atoms with Crippen LogP contribution in [-0.4, -0.2) is 15.3 Å². The molecule has 0 saturated heterocycles. The Bertz CT molecular complexity index is 501. The van der Waals surface area contributed by atoms with Crippen LogP contribution < -0.4 is 0 Å². The quantitative estimate of drug-likeness (QED) is 0.556. The summed E-state index contributed by atoms with van der Waals surface area (Å²) in [6.45, 7) is 5.22. The Morgan fingerprint density at radius 3 is 2.28 bits per heavy atom. The first kappa shape index (κ1) is 13.6. The van der Waals surface area contributed by atoms with E-state index in [1.165, 1.54) is 19.1 Å². The number of hydrogen-bond donors (Lipinski definition) is 3. The summed E-state index contributed by atoms with van der Waals surface area (Å²) < 4.78 is 0. The number of aliphatic hydroxyl groups is 2. The molecule has 0 amide bonds. The lowest BCUT2D eigenvalue weighted by Crippen LogP contribution is -1.79. The molecule has 0 bridgehead atoms. The van der Waals surface area contributed by atoms with E-state index in [9.17, 15) is 5.11 Å². The van der Waals surface area contributed by atoms with E-state index in [4.69, 9.17) is 10.2 Å². The van der Waals surface area contributed by atoms with Crippen molar-refractivity contribution >= 4 is 6.08 Å². The number of phenols is 1. The van der Waals surface area contributed by atoms with Crippen molar-refractivity contribution in [3.05, 3.63) is 71.7 Å². The van der Waals surface area contributed by atoms with Crippen LogP contribution in [0.25, 0.3) is 6.08 Å². The van der Waals surface area contributed by atoms with Gasteiger partial charge in [0.15, 0.2) is 0 Å². The lowest BCUT2D eigenvalue weighted by atomic mass is 10.1. The van der Waals surface area contributed by atoms with Gasteiger partial charge in [-0.1, -0.05) is 30.9 Å². The number of benzene rings is 1. The molecule has 1 aromatic rings. The Hall–Kier alpha value is -2.42. The van der Waals surface area contributed by atoms with Crippen LogP contribution >= 0.6 is 0 Å². The van der Waals surface area contributed by atoms with E-state index < -0.39 is 0 Å². The zero-order valence-corrected chi connectivity index (χ0v) is 10.2. The molecule has 94 valence electrons. The molecule has 0 radical (unpaired) electrons. The molecule has 1 aromatic carbocycles. The first-order valence-corrected chi connectivity index (χ1v) is 5.41. The predicted molar refractivity (Wildman–Crippen MR) is 73.4 cm³/mol. The van der Waals surface area contributed by atoms with Gasteiger partial charge < -0.3 is 15.3 Å². The van der Waals surface area contributed by atoms with Gasteiger partial charge in [0.25, 0.3) is 0 Å². The summed E-state index contributed by atoms with van der Waals surface area (Å²) in [5.74, 6) is 0.182. The molecule has 0 aromatic heterocycles. The second-order valence-corrected chi connectivity index (χ2v) is 3.85. The molecular formula is C15H16O3. The molecule has 0 atom stereocenters. The number of rotatable bonds is 4. The van der Waals surface area contributed by atoms with Gasteiger partial charge in [0, 0.05) is 6.08 Å². The molecule has 3 nitrogen and oxygen atoms in total. The zero-order valence-electron chi connectivity index (χ0n) is 10.2. The van der Waals surface area contributed by atoms with Crippen molar-refractivity contribution in [1.29, 1.82) is 0 Å². The fourth-order valence-corrected chi connectivity index (χ4v) is 1.28. The fourth-order valence-electron chi connectivity index (χ4n) is 1.28. The van der Waals surface area contributed by atoms with Gasteiger partial charge in [-0.25, -0.2) is 0 Å². The minimum absolute atomic E-state index is 0.0269. The third-order valence-corrected chi connectivity index (χ3v) is 2.07. The van der Waals surface area contributed by atoms with Crippen LogP contribution in [0.3, 0.4) is 0 Å². The highest BCUT2D eigenvalue weighted by Crippen LogP contribution is 2.12. The van der Waals surface area contributed by atoms with Crippen LogP contribution in [0.5, 0.6) is 5.75 Å². The van der Waals surface area contributed by atoms with Crippen LogP contribution in [0.1, 0.15) is 12.5 Å². The fraction of sp³-hybridized carbons (Fsp3) is 0.0667. The molecule has 3 N–H and O–H groups in total. The molecule has 18 heavy (non-hydrogen) atoms. The average molecular weight is 244 g/mol. The summed E-state index contributed by atoms with van der Waals surface area (Å²) in [6, 6.07) is 6.71. The van der Waals surface area contributed by atoms with E-state index in [-0.39, 0.29) is 17.3 Å². The molecule has 0 fully saturated rings. The lowest BCUT2D eigenvalue weighted by Gasteiger charge is -1.96. The minimum Gasteiger partial charge on any atom is -0.512 e. The van der Waals surface area contributed by atoms with Crippen LogP contribution in [-0.2, 0) is 0 Å². The lowest BCUT2D eigenvalue weighted by molar-refractivity contribution is 0.393. The van der Waals surface area contributed by atoms with Gasteiger partial charge >= 0.3 is 0 Å². The van der Waals surface area contributed by atoms with Crippen molar-refractivity contribution in [3.8, 4) is 5.75 Å². The highest BCUT2D eigenvalue weighted by atomic mass is 16.3. The van der Waals surface area contributed by atoms with Crippen molar-refractivity contribution in [1.82, 2.24) is 0 Å². The van der Waals surface area contributed by atoms with Gasteiger partial charge in [-0.2, -0.15) is 0 Å². The van der Waals surface area contributed by atoms with Crippen LogP contribution in [0.4, 0.5) is 0 Å². The summed E-state index contributed by atoms with van der Waals surface area (Å²) >= 11 is 0. The van der Waals surface area contributed by atoms with Gasteiger partial charge in [-0.3, -0.25) is 0 Å². The minimum atomic E-state index is -0.0599. The molecule has 0 saturated carbocycles. The number of allylic oxidation sites excluding steroid dienone is 5. The van der Waals surface area contributed by atoms with E-state index in [1.807, 2.05) is 0 Å². The highest BCUT2D eigenvalue weighted by Gasteiger charge is 1.91. The summed E-state index contributed by atoms with van der Waals surface area (Å²) in [4.78, 5) is 0. The Labute approximate surface area is 106 Å². The van der Waals surface area contributed by atoms with E-state index in [2.05, 4.69) is 6.58 Å². The Kier molecular flexibility index (Phi) is 4.81. The van der Waals surface area contributed by atoms with Gasteiger partial charge in [-0.05, 0) is 36.3 Å². The van der Waals surface area contributed by atoms with Gasteiger partial charge in [-0.15, -0.1) is 0 Å². The molecule has 1 rings (SSSR count). The molecule has 0 heterocycles. The maximum Gasteiger partial charge on any atom is 0.119 e. The first-order chi connectivity index (χ1) is 8.47. The number of aliphatic hydroxyl groups excluding tert-OH is 2. The van der Waals surface area contributed by atoms with E-state index in [0.29, 0.717) is 5.57 Å². The standard InChI is InChI=1S/C15H16O3/c1-11(9-15(18)10-12(2)16)3-4-13-5-7-14(17)8-6-13/h3-10,16-18H,1H2,2H3/b4-3+,12-10?,15-9+. The predicted octanol–water partition coefficient (Wildman–Crippen LogP) is 3.87. The molecule has 0 aliphatic rings. The van der Waals surface area contributed by atoms with Gasteiger partial charge in [0.1, 0.15) is 11.5 Å². The van der Waals surface area contributed by atoms with Crippen molar-refractivity contribution in [2.24, 2.45) is 0 Å². The third kappa shape index (κ3) is 5.07. The Morgan fingerprint density at radius 2 is 1.72 bits per heavy atom. The van der Waals surface area contributed by atoms with E-state index in [1.54, 1.807) is 36.4 Å². The van der Waals surface area contributed by atoms with Crippen molar-refractivity contribution in [2.45, 2.75) is 6.92 Å². The summed E-state index contributed by atoms with van der Waals surface area (Å²) in [7, 11) is 0. The molecule has 0 aliphatic carbocycles. The van der Waals surface area contributed by atoms with Crippen LogP contribution in [0.15, 0.2) is 66.2 Å². The third-order valence-electron chi connectivity index (χ3n) is 2.07. The number of aromatic hydroxyl groups is 1. The maximum atomic E-state index is 9.42. The second-order valence-electron chi connectivity index (χ2n) is 3.85. The largest absolute Gasteiger partial charge is 0.512 e. The maximum absolute atomic E-state index is 9.42. The SMILES string of the molecule is C=C(/C=C/c1ccc(O)cc1)/C=C(/O)C=C(C)O. The molecule has 0 aliphatic heterocycles. The van der Waals surface area contributed by atoms with Crippen molar-refractivity contribution in [2.75, 3.05) is 0 Å². The molecule has 0 spiro atoms. The molecule has 3 heteroatoms. The normalized spacial score (nSPS) is 12.9. The Balaban J connectivity index is 2.70. The highest BCUT2D eigenvalue weighted by molar-refractivity contribution is 5.55. The summed E-state index contributed by atoms with van der Waals surface area (Å²) in [5, 5.41) is 27.5. The van der Waals surface area contributed by atoms with Gasteiger partial charge in [0.2, 0.25) is 0 Å². The van der Waals surface area contributed by atoms with Crippen molar-refractivity contribution in [3.63, 3.8) is 0 Å². The topological polar surface area (TPSA) is 60.7 Å². The zero-order chi connectivity index (χ0) is 13.5. The second kappa shape index (κ2) is 6.35. The Morgan fingerprint density at radius 1 is 1.11 bits per heavy atom. The average Bonchev–Trinajstić information content (AvgIpc) is 2.27. The smallest absolute Gasteiger partial charge is 0.119 e. The summed E-state index contributed by atoms with van der Waals surface area (Å²) in [6.07, 6.45) is 6.21. The van der Waals surface area contributed by atoms with E-state index in [0.717, 1.165) is 5.56 Å². The van der Waals surface area contributed by atoms with Crippen LogP contribution in [0, 0.1) is 0 Å². The van der Waals surface area contributed by atoms with E-state index >= 15 is 0 Å². The van der Waals surface area contributed by atoms with Crippen molar-refractivity contribution < 1.29 is 15.3 Å². The molecular weight excluding hydrogens is 228 g/mol.